The Labute approximate surface area is 223 Å². The van der Waals surface area contributed by atoms with Crippen molar-refractivity contribution >= 4 is 28.9 Å². The van der Waals surface area contributed by atoms with Gasteiger partial charge in [0.25, 0.3) is 5.91 Å². The first-order valence-electron chi connectivity index (χ1n) is 12.9. The number of likely N-dealkylation sites (tertiary alicyclic amines) is 1. The highest BCUT2D eigenvalue weighted by atomic mass is 32.1. The van der Waals surface area contributed by atoms with E-state index in [0.29, 0.717) is 6.54 Å². The number of rotatable bonds is 10. The summed E-state index contributed by atoms with van der Waals surface area (Å²) in [6.45, 7) is 9.75. The largest absolute Gasteiger partial charge is 0.417 e. The Kier molecular flexibility index (Phi) is 8.93. The number of unbranched alkanes of at least 4 members (excludes halogenated alkanes) is 4. The molecule has 1 amide bonds. The van der Waals surface area contributed by atoms with Gasteiger partial charge < -0.3 is 10.0 Å². The quantitative estimate of drug-likeness (QED) is 0.315. The summed E-state index contributed by atoms with van der Waals surface area (Å²) in [6.07, 6.45) is 2.36. The van der Waals surface area contributed by atoms with Crippen molar-refractivity contribution in [1.82, 2.24) is 9.80 Å². The van der Waals surface area contributed by atoms with Crippen molar-refractivity contribution in [3.63, 3.8) is 0 Å². The zero-order chi connectivity index (χ0) is 27.6. The lowest BCUT2D eigenvalue weighted by Gasteiger charge is -2.33. The van der Waals surface area contributed by atoms with Gasteiger partial charge in [0.2, 0.25) is 0 Å². The van der Waals surface area contributed by atoms with Crippen LogP contribution >= 0.6 is 12.2 Å². The maximum absolute atomic E-state index is 13.5. The van der Waals surface area contributed by atoms with Gasteiger partial charge in [-0.1, -0.05) is 19.3 Å². The topological polar surface area (TPSA) is 70.8 Å². The van der Waals surface area contributed by atoms with Gasteiger partial charge in [0.15, 0.2) is 5.11 Å². The molecule has 2 aliphatic rings. The number of halogens is 3. The molecule has 2 aliphatic heterocycles. The summed E-state index contributed by atoms with van der Waals surface area (Å²) in [6, 6.07) is 5.01. The summed E-state index contributed by atoms with van der Waals surface area (Å²) >= 11 is 5.55. The van der Waals surface area contributed by atoms with Crippen molar-refractivity contribution in [3.05, 3.63) is 29.3 Å². The first-order chi connectivity index (χ1) is 17.2. The van der Waals surface area contributed by atoms with Gasteiger partial charge in [0.05, 0.1) is 28.5 Å². The third-order valence-electron chi connectivity index (χ3n) is 7.52. The molecule has 3 rings (SSSR count). The maximum atomic E-state index is 13.5. The summed E-state index contributed by atoms with van der Waals surface area (Å²) < 4.78 is 40.4. The highest BCUT2D eigenvalue weighted by Gasteiger charge is 2.49. The van der Waals surface area contributed by atoms with Gasteiger partial charge in [0, 0.05) is 12.6 Å². The van der Waals surface area contributed by atoms with E-state index in [2.05, 4.69) is 4.90 Å². The number of anilines is 1. The van der Waals surface area contributed by atoms with Gasteiger partial charge in [-0.2, -0.15) is 18.4 Å². The number of thiocarbonyl (C=S) groups is 1. The second-order valence-electron chi connectivity index (χ2n) is 11.1. The average Bonchev–Trinajstić information content (AvgIpc) is 3.34. The molecule has 10 heteroatoms. The van der Waals surface area contributed by atoms with Crippen LogP contribution in [0.1, 0.15) is 83.8 Å². The van der Waals surface area contributed by atoms with Crippen molar-refractivity contribution in [2.75, 3.05) is 24.5 Å². The molecular weight excluding hydrogens is 501 g/mol. The van der Waals surface area contributed by atoms with Gasteiger partial charge in [-0.3, -0.25) is 14.6 Å². The Morgan fingerprint density at radius 3 is 2.35 bits per heavy atom. The summed E-state index contributed by atoms with van der Waals surface area (Å²) in [5.41, 5.74) is -3.23. The fourth-order valence-electron chi connectivity index (χ4n) is 5.45. The standard InChI is InChI=1S/C27H37F3N4O2S/c1-25(2)23(35)34(20-13-12-19(18-31)21(17-20)27(28,29)30)24(37)33(25)16-9-7-5-6-8-14-32-15-10-11-22(32)26(3,4)36/h12-13,17,22,36H,5-11,14-16H2,1-4H3/t22-/m1/s1. The SMILES string of the molecule is CC(C)(O)[C@H]1CCCN1CCCCCCCN1C(=S)N(c2ccc(C#N)c(C(F)(F)F)c2)C(=O)C1(C)C. The number of carbonyl (C=O) groups excluding carboxylic acids is 1. The molecule has 0 radical (unpaired) electrons. The predicted octanol–water partition coefficient (Wildman–Crippen LogP) is 5.47. The molecule has 0 unspecified atom stereocenters. The Bertz CT molecular complexity index is 1050. The van der Waals surface area contributed by atoms with Crippen LogP contribution < -0.4 is 4.90 Å². The number of nitriles is 1. The van der Waals surface area contributed by atoms with Gasteiger partial charge in [-0.15, -0.1) is 0 Å². The summed E-state index contributed by atoms with van der Waals surface area (Å²) in [7, 11) is 0. The molecule has 6 nitrogen and oxygen atoms in total. The number of aliphatic hydroxyl groups is 1. The lowest BCUT2D eigenvalue weighted by Crippen LogP contribution is -2.45. The second kappa shape index (κ2) is 11.3. The highest BCUT2D eigenvalue weighted by Crippen LogP contribution is 2.38. The highest BCUT2D eigenvalue weighted by molar-refractivity contribution is 7.80. The first kappa shape index (κ1) is 29.3. The molecule has 0 aliphatic carbocycles. The summed E-state index contributed by atoms with van der Waals surface area (Å²) in [5.74, 6) is -0.387. The number of alkyl halides is 3. The van der Waals surface area contributed by atoms with E-state index in [-0.39, 0.29) is 22.7 Å². The van der Waals surface area contributed by atoms with E-state index in [9.17, 15) is 23.1 Å². The Morgan fingerprint density at radius 2 is 1.76 bits per heavy atom. The predicted molar refractivity (Wildman–Crippen MR) is 141 cm³/mol. The monoisotopic (exact) mass is 538 g/mol. The molecule has 1 N–H and O–H groups in total. The molecule has 1 aromatic carbocycles. The van der Waals surface area contributed by atoms with Crippen LogP contribution in [-0.2, 0) is 11.0 Å². The van der Waals surface area contributed by atoms with Gasteiger partial charge >= 0.3 is 6.18 Å². The zero-order valence-corrected chi connectivity index (χ0v) is 22.9. The van der Waals surface area contributed by atoms with Crippen molar-refractivity contribution in [2.24, 2.45) is 0 Å². The molecule has 37 heavy (non-hydrogen) atoms. The fourth-order valence-corrected chi connectivity index (χ4v) is 5.96. The van der Waals surface area contributed by atoms with E-state index in [0.717, 1.165) is 75.1 Å². The minimum atomic E-state index is -4.72. The number of benzene rings is 1. The van der Waals surface area contributed by atoms with E-state index in [1.54, 1.807) is 24.8 Å². The number of nitrogens with zero attached hydrogens (tertiary/aromatic N) is 4. The van der Waals surface area contributed by atoms with Crippen LogP contribution in [0, 0.1) is 11.3 Å². The zero-order valence-electron chi connectivity index (χ0n) is 22.1. The van der Waals surface area contributed by atoms with Gasteiger partial charge in [-0.05, 0) is 96.9 Å². The fraction of sp³-hybridized carbons (Fsp3) is 0.667. The lowest BCUT2D eigenvalue weighted by molar-refractivity contribution is -0.137. The molecule has 0 spiro atoms. The summed E-state index contributed by atoms with van der Waals surface area (Å²) in [5, 5.41) is 19.6. The van der Waals surface area contributed by atoms with E-state index in [1.165, 1.54) is 6.07 Å². The lowest BCUT2D eigenvalue weighted by atomic mass is 9.96. The van der Waals surface area contributed by atoms with Crippen LogP contribution in [0.15, 0.2) is 18.2 Å². The number of hydrogen-bond donors (Lipinski definition) is 1. The van der Waals surface area contributed by atoms with Gasteiger partial charge in [-0.25, -0.2) is 0 Å². The van der Waals surface area contributed by atoms with Crippen LogP contribution in [0.3, 0.4) is 0 Å². The molecule has 2 fully saturated rings. The number of carbonyl (C=O) groups is 1. The summed E-state index contributed by atoms with van der Waals surface area (Å²) in [4.78, 5) is 18.5. The van der Waals surface area contributed by atoms with Crippen molar-refractivity contribution in [3.8, 4) is 6.07 Å². The van der Waals surface area contributed by atoms with Crippen molar-refractivity contribution in [1.29, 1.82) is 5.26 Å². The van der Waals surface area contributed by atoms with Gasteiger partial charge in [0.1, 0.15) is 5.54 Å². The van der Waals surface area contributed by atoms with E-state index in [4.69, 9.17) is 17.5 Å². The van der Waals surface area contributed by atoms with Crippen molar-refractivity contribution in [2.45, 2.75) is 96.0 Å². The minimum Gasteiger partial charge on any atom is -0.389 e. The number of amides is 1. The normalized spacial score (nSPS) is 20.7. The van der Waals surface area contributed by atoms with Crippen molar-refractivity contribution < 1.29 is 23.1 Å². The van der Waals surface area contributed by atoms with Crippen LogP contribution in [0.4, 0.5) is 18.9 Å². The van der Waals surface area contributed by atoms with Crippen LogP contribution in [0.5, 0.6) is 0 Å². The molecule has 1 aromatic rings. The van der Waals surface area contributed by atoms with Crippen LogP contribution in [0.2, 0.25) is 0 Å². The number of hydrogen-bond acceptors (Lipinski definition) is 5. The average molecular weight is 539 g/mol. The molecular formula is C27H37F3N4O2S. The first-order valence-corrected chi connectivity index (χ1v) is 13.3. The molecule has 204 valence electrons. The van der Waals surface area contributed by atoms with E-state index in [1.807, 2.05) is 13.8 Å². The molecule has 0 aromatic heterocycles. The third kappa shape index (κ3) is 6.44. The molecule has 1 atom stereocenters. The molecule has 0 saturated carbocycles. The molecule has 2 heterocycles. The van der Waals surface area contributed by atoms with Crippen LogP contribution in [-0.4, -0.2) is 62.7 Å². The maximum Gasteiger partial charge on any atom is 0.417 e. The Balaban J connectivity index is 1.54. The Hall–Kier alpha value is -2.22. The van der Waals surface area contributed by atoms with E-state index < -0.39 is 28.4 Å². The minimum absolute atomic E-state index is 0.0168. The van der Waals surface area contributed by atoms with Crippen LogP contribution in [0.25, 0.3) is 0 Å². The molecule has 0 bridgehead atoms. The van der Waals surface area contributed by atoms with E-state index >= 15 is 0 Å². The third-order valence-corrected chi connectivity index (χ3v) is 7.92. The Morgan fingerprint density at radius 1 is 1.14 bits per heavy atom. The smallest absolute Gasteiger partial charge is 0.389 e. The second-order valence-corrected chi connectivity index (χ2v) is 11.5. The molecule has 2 saturated heterocycles.